The van der Waals surface area contributed by atoms with E-state index in [2.05, 4.69) is 5.32 Å². The zero-order valence-corrected chi connectivity index (χ0v) is 21.2. The smallest absolute Gasteiger partial charge is 0.257 e. The number of rotatable bonds is 5. The van der Waals surface area contributed by atoms with Gasteiger partial charge in [-0.3, -0.25) is 19.3 Å². The van der Waals surface area contributed by atoms with Gasteiger partial charge in [-0.25, -0.2) is 0 Å². The average molecular weight is 522 g/mol. The van der Waals surface area contributed by atoms with E-state index in [0.29, 0.717) is 47.8 Å². The minimum Gasteiger partial charge on any atom is -0.467 e. The van der Waals surface area contributed by atoms with Gasteiger partial charge in [-0.15, -0.1) is 0 Å². The van der Waals surface area contributed by atoms with E-state index in [1.807, 2.05) is 19.1 Å². The number of likely N-dealkylation sites (tertiary alicyclic amines) is 1. The molecule has 2 aromatic carbocycles. The zero-order valence-electron chi connectivity index (χ0n) is 20.5. The maximum Gasteiger partial charge on any atom is 0.257 e. The molecule has 1 atom stereocenters. The second-order valence-electron chi connectivity index (χ2n) is 9.33. The van der Waals surface area contributed by atoms with Crippen LogP contribution in [0, 0.1) is 6.92 Å². The summed E-state index contributed by atoms with van der Waals surface area (Å²) in [6, 6.07) is 17.0. The van der Waals surface area contributed by atoms with Crippen molar-refractivity contribution in [3.8, 4) is 0 Å². The number of piperidine rings is 1. The molecule has 0 aliphatic carbocycles. The van der Waals surface area contributed by atoms with Gasteiger partial charge in [-0.1, -0.05) is 41.9 Å². The standard InChI is InChI=1S/C28H28ClN3O5/c1-19-7-2-3-9-21(19)27(35)32-24(25(33)30-17-20-8-6-16-36-20)18-37-28(32)12-14-31(15-13-28)26(34)22-10-4-5-11-23(22)29/h2-11,16,24H,12-15,17-18H2,1H3,(H,30,33)/t24-/m1/s1. The Balaban J connectivity index is 1.38. The molecular weight excluding hydrogens is 494 g/mol. The summed E-state index contributed by atoms with van der Waals surface area (Å²) in [7, 11) is 0. The van der Waals surface area contributed by atoms with Gasteiger partial charge in [0, 0.05) is 31.5 Å². The van der Waals surface area contributed by atoms with Crippen LogP contribution < -0.4 is 5.32 Å². The summed E-state index contributed by atoms with van der Waals surface area (Å²) in [6.45, 7) is 2.88. The van der Waals surface area contributed by atoms with Gasteiger partial charge in [0.2, 0.25) is 5.91 Å². The lowest BCUT2D eigenvalue weighted by Crippen LogP contribution is -2.59. The highest BCUT2D eigenvalue weighted by molar-refractivity contribution is 6.33. The molecule has 1 spiro atoms. The Hall–Kier alpha value is -3.62. The number of hydrogen-bond acceptors (Lipinski definition) is 5. The molecule has 3 amide bonds. The van der Waals surface area contributed by atoms with Gasteiger partial charge in [-0.05, 0) is 42.8 Å². The van der Waals surface area contributed by atoms with E-state index in [-0.39, 0.29) is 30.9 Å². The second kappa shape index (κ2) is 10.4. The molecule has 37 heavy (non-hydrogen) atoms. The van der Waals surface area contributed by atoms with Crippen molar-refractivity contribution in [2.75, 3.05) is 19.7 Å². The van der Waals surface area contributed by atoms with Crippen LogP contribution in [-0.2, 0) is 16.1 Å². The third kappa shape index (κ3) is 4.86. The number of nitrogens with zero attached hydrogens (tertiary/aromatic N) is 2. The van der Waals surface area contributed by atoms with Gasteiger partial charge in [-0.2, -0.15) is 0 Å². The van der Waals surface area contributed by atoms with Crippen molar-refractivity contribution in [1.82, 2.24) is 15.1 Å². The number of carbonyl (C=O) groups excluding carboxylic acids is 3. The third-order valence-electron chi connectivity index (χ3n) is 7.11. The van der Waals surface area contributed by atoms with Gasteiger partial charge in [0.15, 0.2) is 0 Å². The van der Waals surface area contributed by atoms with E-state index in [9.17, 15) is 14.4 Å². The summed E-state index contributed by atoms with van der Waals surface area (Å²) in [4.78, 5) is 43.6. The SMILES string of the molecule is Cc1ccccc1C(=O)N1[C@@H](C(=O)NCc2ccco2)COC12CCN(C(=O)c1ccccc1Cl)CC2. The first kappa shape index (κ1) is 25.0. The van der Waals surface area contributed by atoms with Gasteiger partial charge in [0.25, 0.3) is 11.8 Å². The molecule has 2 aliphatic heterocycles. The molecule has 3 aromatic rings. The molecule has 2 fully saturated rings. The fourth-order valence-corrected chi connectivity index (χ4v) is 5.30. The van der Waals surface area contributed by atoms with Crippen LogP contribution in [0.15, 0.2) is 71.3 Å². The first-order chi connectivity index (χ1) is 17.9. The van der Waals surface area contributed by atoms with Crippen LogP contribution in [0.5, 0.6) is 0 Å². The largest absolute Gasteiger partial charge is 0.467 e. The van der Waals surface area contributed by atoms with Gasteiger partial charge in [0.05, 0.1) is 30.0 Å². The molecule has 0 bridgehead atoms. The van der Waals surface area contributed by atoms with Crippen molar-refractivity contribution >= 4 is 29.3 Å². The molecule has 1 aromatic heterocycles. The number of carbonyl (C=O) groups is 3. The number of amides is 3. The molecule has 5 rings (SSSR count). The molecule has 8 nitrogen and oxygen atoms in total. The van der Waals surface area contributed by atoms with E-state index < -0.39 is 11.8 Å². The van der Waals surface area contributed by atoms with E-state index in [1.165, 1.54) is 0 Å². The first-order valence-corrected chi connectivity index (χ1v) is 12.6. The molecular formula is C28H28ClN3O5. The minimum absolute atomic E-state index is 0.0695. The van der Waals surface area contributed by atoms with Gasteiger partial charge >= 0.3 is 0 Å². The molecule has 192 valence electrons. The summed E-state index contributed by atoms with van der Waals surface area (Å²) in [5, 5.41) is 3.27. The lowest BCUT2D eigenvalue weighted by Gasteiger charge is -2.44. The summed E-state index contributed by atoms with van der Waals surface area (Å²) >= 11 is 6.25. The van der Waals surface area contributed by atoms with E-state index in [0.717, 1.165) is 5.56 Å². The highest BCUT2D eigenvalue weighted by Crippen LogP contribution is 2.39. The number of nitrogens with one attached hydrogen (secondary N) is 1. The van der Waals surface area contributed by atoms with Crippen LogP contribution in [0.25, 0.3) is 0 Å². The zero-order chi connectivity index (χ0) is 26.0. The van der Waals surface area contributed by atoms with Crippen LogP contribution in [0.2, 0.25) is 5.02 Å². The molecule has 0 saturated carbocycles. The van der Waals surface area contributed by atoms with Crippen molar-refractivity contribution < 1.29 is 23.5 Å². The summed E-state index contributed by atoms with van der Waals surface area (Å²) in [5.41, 5.74) is 0.778. The normalized spacial score (nSPS) is 18.7. The summed E-state index contributed by atoms with van der Waals surface area (Å²) in [5.74, 6) is -0.127. The highest BCUT2D eigenvalue weighted by atomic mass is 35.5. The number of furan rings is 1. The number of halogens is 1. The van der Waals surface area contributed by atoms with Crippen molar-refractivity contribution in [3.05, 3.63) is 94.4 Å². The predicted octanol–water partition coefficient (Wildman–Crippen LogP) is 4.03. The molecule has 9 heteroatoms. The molecule has 3 heterocycles. The van der Waals surface area contributed by atoms with Crippen molar-refractivity contribution in [1.29, 1.82) is 0 Å². The molecule has 2 aliphatic rings. The number of benzene rings is 2. The van der Waals surface area contributed by atoms with Crippen LogP contribution >= 0.6 is 11.6 Å². The van der Waals surface area contributed by atoms with E-state index >= 15 is 0 Å². The third-order valence-corrected chi connectivity index (χ3v) is 7.44. The van der Waals surface area contributed by atoms with Crippen LogP contribution in [-0.4, -0.2) is 59.0 Å². The maximum atomic E-state index is 13.9. The predicted molar refractivity (Wildman–Crippen MR) is 137 cm³/mol. The number of ether oxygens (including phenoxy) is 1. The molecule has 2 saturated heterocycles. The van der Waals surface area contributed by atoms with Crippen molar-refractivity contribution in [2.24, 2.45) is 0 Å². The average Bonchev–Trinajstić information content (AvgIpc) is 3.56. The van der Waals surface area contributed by atoms with Crippen LogP contribution in [0.1, 0.15) is 44.9 Å². The van der Waals surface area contributed by atoms with E-state index in [4.69, 9.17) is 20.8 Å². The maximum absolute atomic E-state index is 13.9. The molecule has 0 unspecified atom stereocenters. The minimum atomic E-state index is -0.997. The first-order valence-electron chi connectivity index (χ1n) is 12.3. The van der Waals surface area contributed by atoms with Crippen molar-refractivity contribution in [2.45, 2.75) is 38.1 Å². The number of aryl methyl sites for hydroxylation is 1. The molecule has 0 radical (unpaired) electrons. The fraction of sp³-hybridized carbons (Fsp3) is 0.321. The van der Waals surface area contributed by atoms with Crippen molar-refractivity contribution in [3.63, 3.8) is 0 Å². The quantitative estimate of drug-likeness (QED) is 0.547. The lowest BCUT2D eigenvalue weighted by atomic mass is 9.95. The Morgan fingerprint density at radius 3 is 2.35 bits per heavy atom. The Labute approximate surface area is 220 Å². The molecule has 1 N–H and O–H groups in total. The van der Waals surface area contributed by atoms with Crippen LogP contribution in [0.4, 0.5) is 0 Å². The Bertz CT molecular complexity index is 1300. The van der Waals surface area contributed by atoms with Crippen LogP contribution in [0.3, 0.4) is 0 Å². The Morgan fingerprint density at radius 1 is 0.973 bits per heavy atom. The van der Waals surface area contributed by atoms with Gasteiger partial charge < -0.3 is 19.4 Å². The fourth-order valence-electron chi connectivity index (χ4n) is 5.08. The topological polar surface area (TPSA) is 92.1 Å². The summed E-state index contributed by atoms with van der Waals surface area (Å²) in [6.07, 6.45) is 2.30. The second-order valence-corrected chi connectivity index (χ2v) is 9.74. The van der Waals surface area contributed by atoms with E-state index in [1.54, 1.807) is 64.6 Å². The monoisotopic (exact) mass is 521 g/mol. The Kier molecular flexibility index (Phi) is 7.04. The highest BCUT2D eigenvalue weighted by Gasteiger charge is 2.54. The summed E-state index contributed by atoms with van der Waals surface area (Å²) < 4.78 is 11.6. The number of hydrogen-bond donors (Lipinski definition) is 1. The Morgan fingerprint density at radius 2 is 1.68 bits per heavy atom. The lowest BCUT2D eigenvalue weighted by molar-refractivity contribution is -0.128. The van der Waals surface area contributed by atoms with Gasteiger partial charge in [0.1, 0.15) is 17.5 Å².